The number of hydrogen-bond donors (Lipinski definition) is 1. The molecular formula is C12H14N4S. The van der Waals surface area contributed by atoms with Crippen molar-refractivity contribution in [1.82, 2.24) is 14.8 Å². The van der Waals surface area contributed by atoms with Gasteiger partial charge >= 0.3 is 0 Å². The molecule has 5 heteroatoms. The molecule has 0 saturated carbocycles. The molecule has 0 aromatic carbocycles. The first-order valence-electron chi connectivity index (χ1n) is 5.28. The van der Waals surface area contributed by atoms with Crippen LogP contribution in [0.4, 0.5) is 0 Å². The van der Waals surface area contributed by atoms with Gasteiger partial charge in [0.1, 0.15) is 4.99 Å². The van der Waals surface area contributed by atoms with Gasteiger partial charge < -0.3 is 5.73 Å². The van der Waals surface area contributed by atoms with Gasteiger partial charge in [0.25, 0.3) is 0 Å². The van der Waals surface area contributed by atoms with Crippen LogP contribution < -0.4 is 5.73 Å². The first kappa shape index (κ1) is 11.7. The molecule has 0 bridgehead atoms. The van der Waals surface area contributed by atoms with Gasteiger partial charge in [0.15, 0.2) is 5.82 Å². The summed E-state index contributed by atoms with van der Waals surface area (Å²) in [6, 6.07) is 1.97. The van der Waals surface area contributed by atoms with Crippen molar-refractivity contribution in [3.05, 3.63) is 40.8 Å². The molecule has 0 aliphatic carbocycles. The summed E-state index contributed by atoms with van der Waals surface area (Å²) in [4.78, 5) is 4.82. The number of hydrogen-bond acceptors (Lipinski definition) is 3. The molecule has 0 amide bonds. The summed E-state index contributed by atoms with van der Waals surface area (Å²) in [7, 11) is 0. The zero-order valence-electron chi connectivity index (χ0n) is 10.1. The molecule has 2 rings (SSSR count). The van der Waals surface area contributed by atoms with Gasteiger partial charge in [-0.05, 0) is 38.0 Å². The lowest BCUT2D eigenvalue weighted by Crippen LogP contribution is -2.17. The molecular weight excluding hydrogens is 232 g/mol. The highest BCUT2D eigenvalue weighted by Gasteiger charge is 2.13. The first-order valence-corrected chi connectivity index (χ1v) is 5.69. The maximum Gasteiger partial charge on any atom is 0.164 e. The SMILES string of the molecule is Cc1cnn(-c2nc(C)cc(C)c2C(N)=S)c1. The van der Waals surface area contributed by atoms with E-state index in [9.17, 15) is 0 Å². The molecule has 0 spiro atoms. The van der Waals surface area contributed by atoms with E-state index in [2.05, 4.69) is 10.1 Å². The molecule has 0 atom stereocenters. The largest absolute Gasteiger partial charge is 0.389 e. The second-order valence-electron chi connectivity index (χ2n) is 4.11. The molecule has 0 radical (unpaired) electrons. The van der Waals surface area contributed by atoms with E-state index in [4.69, 9.17) is 18.0 Å². The maximum atomic E-state index is 5.76. The van der Waals surface area contributed by atoms with Crippen molar-refractivity contribution in [3.8, 4) is 5.82 Å². The third kappa shape index (κ3) is 2.19. The Morgan fingerprint density at radius 1 is 1.35 bits per heavy atom. The molecule has 0 aliphatic rings. The van der Waals surface area contributed by atoms with E-state index in [0.717, 1.165) is 22.4 Å². The Kier molecular flexibility index (Phi) is 2.93. The minimum absolute atomic E-state index is 0.346. The van der Waals surface area contributed by atoms with Crippen LogP contribution >= 0.6 is 12.2 Å². The summed E-state index contributed by atoms with van der Waals surface area (Å²) in [5.74, 6) is 0.697. The Labute approximate surface area is 105 Å². The van der Waals surface area contributed by atoms with Gasteiger partial charge in [-0.2, -0.15) is 5.10 Å². The van der Waals surface area contributed by atoms with Crippen LogP contribution in [0.15, 0.2) is 18.5 Å². The molecule has 0 saturated heterocycles. The van der Waals surface area contributed by atoms with Gasteiger partial charge in [0.05, 0.1) is 11.8 Å². The summed E-state index contributed by atoms with van der Waals surface area (Å²) >= 11 is 5.08. The lowest BCUT2D eigenvalue weighted by atomic mass is 10.1. The predicted octanol–water partition coefficient (Wildman–Crippen LogP) is 1.83. The fourth-order valence-corrected chi connectivity index (χ4v) is 2.07. The fraction of sp³-hybridized carbons (Fsp3) is 0.250. The Morgan fingerprint density at radius 3 is 2.59 bits per heavy atom. The van der Waals surface area contributed by atoms with Crippen molar-refractivity contribution in [1.29, 1.82) is 0 Å². The van der Waals surface area contributed by atoms with Crippen LogP contribution in [-0.4, -0.2) is 19.8 Å². The second kappa shape index (κ2) is 4.25. The number of nitrogens with two attached hydrogens (primary N) is 1. The number of rotatable bonds is 2. The van der Waals surface area contributed by atoms with Crippen molar-refractivity contribution in [2.75, 3.05) is 0 Å². The summed E-state index contributed by atoms with van der Waals surface area (Å²) in [6.45, 7) is 5.89. The third-order valence-electron chi connectivity index (χ3n) is 2.50. The zero-order chi connectivity index (χ0) is 12.6. The minimum Gasteiger partial charge on any atom is -0.389 e. The topological polar surface area (TPSA) is 56.7 Å². The summed E-state index contributed by atoms with van der Waals surface area (Å²) < 4.78 is 1.71. The average Bonchev–Trinajstić information content (AvgIpc) is 2.62. The van der Waals surface area contributed by atoms with Crippen molar-refractivity contribution < 1.29 is 0 Å². The normalized spacial score (nSPS) is 10.5. The van der Waals surface area contributed by atoms with E-state index < -0.39 is 0 Å². The number of aryl methyl sites for hydroxylation is 3. The highest BCUT2D eigenvalue weighted by atomic mass is 32.1. The molecule has 2 heterocycles. The summed E-state index contributed by atoms with van der Waals surface area (Å²) in [6.07, 6.45) is 3.69. The minimum atomic E-state index is 0.346. The van der Waals surface area contributed by atoms with Crippen LogP contribution in [0.3, 0.4) is 0 Å². The fourth-order valence-electron chi connectivity index (χ4n) is 1.82. The highest BCUT2D eigenvalue weighted by molar-refractivity contribution is 7.80. The van der Waals surface area contributed by atoms with Gasteiger partial charge in [0, 0.05) is 11.9 Å². The van der Waals surface area contributed by atoms with Crippen molar-refractivity contribution >= 4 is 17.2 Å². The van der Waals surface area contributed by atoms with E-state index in [-0.39, 0.29) is 0 Å². The Hall–Kier alpha value is -1.75. The van der Waals surface area contributed by atoms with E-state index in [1.807, 2.05) is 33.0 Å². The molecule has 88 valence electrons. The van der Waals surface area contributed by atoms with Gasteiger partial charge in [-0.1, -0.05) is 12.2 Å². The Bertz CT molecular complexity index is 586. The molecule has 0 unspecified atom stereocenters. The molecule has 2 N–H and O–H groups in total. The van der Waals surface area contributed by atoms with E-state index in [1.165, 1.54) is 0 Å². The first-order chi connectivity index (χ1) is 7.99. The van der Waals surface area contributed by atoms with Crippen LogP contribution in [0.25, 0.3) is 5.82 Å². The van der Waals surface area contributed by atoms with Crippen molar-refractivity contribution in [2.45, 2.75) is 20.8 Å². The number of pyridine rings is 1. The van der Waals surface area contributed by atoms with Crippen LogP contribution in [0.1, 0.15) is 22.4 Å². The van der Waals surface area contributed by atoms with E-state index in [0.29, 0.717) is 10.8 Å². The molecule has 0 fully saturated rings. The smallest absolute Gasteiger partial charge is 0.164 e. The van der Waals surface area contributed by atoms with Gasteiger partial charge in [-0.15, -0.1) is 0 Å². The Morgan fingerprint density at radius 2 is 2.06 bits per heavy atom. The van der Waals surface area contributed by atoms with Crippen LogP contribution in [0.5, 0.6) is 0 Å². The van der Waals surface area contributed by atoms with Gasteiger partial charge in [0.2, 0.25) is 0 Å². The third-order valence-corrected chi connectivity index (χ3v) is 2.70. The van der Waals surface area contributed by atoms with Crippen molar-refractivity contribution in [2.24, 2.45) is 5.73 Å². The molecule has 4 nitrogen and oxygen atoms in total. The molecule has 17 heavy (non-hydrogen) atoms. The Balaban J connectivity index is 2.71. The molecule has 0 aliphatic heterocycles. The molecule has 2 aromatic rings. The zero-order valence-corrected chi connectivity index (χ0v) is 10.9. The quantitative estimate of drug-likeness (QED) is 0.821. The average molecular weight is 246 g/mol. The van der Waals surface area contributed by atoms with Crippen LogP contribution in [-0.2, 0) is 0 Å². The van der Waals surface area contributed by atoms with Gasteiger partial charge in [-0.3, -0.25) is 0 Å². The van der Waals surface area contributed by atoms with Crippen LogP contribution in [0, 0.1) is 20.8 Å². The van der Waals surface area contributed by atoms with Crippen molar-refractivity contribution in [3.63, 3.8) is 0 Å². The second-order valence-corrected chi connectivity index (χ2v) is 4.55. The number of thiocarbonyl (C=S) groups is 1. The summed E-state index contributed by atoms with van der Waals surface area (Å²) in [5.41, 5.74) is 9.56. The molecule has 2 aromatic heterocycles. The summed E-state index contributed by atoms with van der Waals surface area (Å²) in [5, 5.41) is 4.25. The monoisotopic (exact) mass is 246 g/mol. The number of nitrogens with zero attached hydrogens (tertiary/aromatic N) is 3. The maximum absolute atomic E-state index is 5.76. The lowest BCUT2D eigenvalue weighted by Gasteiger charge is -2.11. The highest BCUT2D eigenvalue weighted by Crippen LogP contribution is 2.17. The van der Waals surface area contributed by atoms with E-state index in [1.54, 1.807) is 10.9 Å². The number of aromatic nitrogens is 3. The van der Waals surface area contributed by atoms with Crippen LogP contribution in [0.2, 0.25) is 0 Å². The predicted molar refractivity (Wildman–Crippen MR) is 71.5 cm³/mol. The van der Waals surface area contributed by atoms with Gasteiger partial charge in [-0.25, -0.2) is 9.67 Å². The van der Waals surface area contributed by atoms with E-state index >= 15 is 0 Å². The standard InChI is InChI=1S/C12H14N4S/c1-7-5-14-16(6-7)12-10(11(13)17)8(2)4-9(3)15-12/h4-6H,1-3H3,(H2,13,17). The lowest BCUT2D eigenvalue weighted by molar-refractivity contribution is 0.836.